The summed E-state index contributed by atoms with van der Waals surface area (Å²) < 4.78 is 0. The van der Waals surface area contributed by atoms with Gasteiger partial charge >= 0.3 is 6.03 Å². The molecule has 6 nitrogen and oxygen atoms in total. The average Bonchev–Trinajstić information content (AvgIpc) is 2.71. The number of hydrogen-bond acceptors (Lipinski definition) is 3. The maximum absolute atomic E-state index is 12.7. The number of nitrogens with zero attached hydrogens (tertiary/aromatic N) is 1. The summed E-state index contributed by atoms with van der Waals surface area (Å²) in [6.45, 7) is 2.81. The molecule has 2 aromatic carbocycles. The van der Waals surface area contributed by atoms with E-state index in [2.05, 4.69) is 22.9 Å². The molecule has 0 unspecified atom stereocenters. The first kappa shape index (κ1) is 22.3. The Labute approximate surface area is 173 Å². The molecule has 3 N–H and O–H groups in total. The van der Waals surface area contributed by atoms with E-state index >= 15 is 0 Å². The average molecular weight is 397 g/mol. The second-order valence-electron chi connectivity index (χ2n) is 7.24. The Kier molecular flexibility index (Phi) is 9.02. The highest BCUT2D eigenvalue weighted by atomic mass is 16.2. The topological polar surface area (TPSA) is 73.5 Å². The minimum atomic E-state index is -0.295. The number of anilines is 3. The third kappa shape index (κ3) is 7.49. The Morgan fingerprint density at radius 2 is 1.55 bits per heavy atom. The highest BCUT2D eigenvalue weighted by Gasteiger charge is 2.13. The van der Waals surface area contributed by atoms with Crippen LogP contribution in [0.2, 0.25) is 0 Å². The molecule has 0 bridgehead atoms. The molecule has 2 rings (SSSR count). The van der Waals surface area contributed by atoms with Crippen LogP contribution in [0, 0.1) is 0 Å². The van der Waals surface area contributed by atoms with Gasteiger partial charge in [-0.05, 0) is 42.8 Å². The molecule has 156 valence electrons. The highest BCUT2D eigenvalue weighted by molar-refractivity contribution is 6.10. The lowest BCUT2D eigenvalue weighted by atomic mass is 10.1. The number of nitrogens with one attached hydrogen (secondary N) is 3. The number of para-hydroxylation sites is 1. The van der Waals surface area contributed by atoms with E-state index in [9.17, 15) is 9.59 Å². The van der Waals surface area contributed by atoms with Crippen molar-refractivity contribution in [2.45, 2.75) is 39.0 Å². The van der Waals surface area contributed by atoms with Gasteiger partial charge in [0.25, 0.3) is 5.91 Å². The maximum Gasteiger partial charge on any atom is 0.319 e. The molecule has 0 fully saturated rings. The van der Waals surface area contributed by atoms with Gasteiger partial charge in [0.05, 0.1) is 11.3 Å². The molecule has 0 atom stereocenters. The van der Waals surface area contributed by atoms with Crippen molar-refractivity contribution < 1.29 is 9.59 Å². The van der Waals surface area contributed by atoms with E-state index in [0.29, 0.717) is 23.5 Å². The van der Waals surface area contributed by atoms with E-state index < -0.39 is 0 Å². The van der Waals surface area contributed by atoms with Crippen molar-refractivity contribution in [3.63, 3.8) is 0 Å². The summed E-state index contributed by atoms with van der Waals surface area (Å²) in [7, 11) is 3.93. The van der Waals surface area contributed by atoms with Gasteiger partial charge in [0.1, 0.15) is 0 Å². The first-order valence-corrected chi connectivity index (χ1v) is 10.2. The largest absolute Gasteiger partial charge is 0.378 e. The minimum absolute atomic E-state index is 0.266. The number of unbranched alkanes of at least 4 members (excludes halogenated alkanes) is 4. The van der Waals surface area contributed by atoms with Crippen molar-refractivity contribution >= 4 is 29.0 Å². The van der Waals surface area contributed by atoms with Gasteiger partial charge in [-0.3, -0.25) is 4.79 Å². The monoisotopic (exact) mass is 396 g/mol. The Hall–Kier alpha value is -3.02. The van der Waals surface area contributed by atoms with E-state index in [0.717, 1.165) is 18.5 Å². The van der Waals surface area contributed by atoms with E-state index in [4.69, 9.17) is 0 Å². The summed E-state index contributed by atoms with van der Waals surface area (Å²) in [5.41, 5.74) is 2.66. The number of amides is 3. The maximum atomic E-state index is 12.7. The predicted molar refractivity (Wildman–Crippen MR) is 121 cm³/mol. The molecule has 0 saturated heterocycles. The van der Waals surface area contributed by atoms with Crippen molar-refractivity contribution in [2.75, 3.05) is 36.2 Å². The molecule has 0 aliphatic carbocycles. The lowest BCUT2D eigenvalue weighted by Gasteiger charge is -2.14. The van der Waals surface area contributed by atoms with E-state index in [-0.39, 0.29) is 11.9 Å². The van der Waals surface area contributed by atoms with E-state index in [1.807, 2.05) is 43.3 Å². The first-order chi connectivity index (χ1) is 14.0. The van der Waals surface area contributed by atoms with Gasteiger partial charge in [-0.25, -0.2) is 4.79 Å². The van der Waals surface area contributed by atoms with Crippen LogP contribution in [0.3, 0.4) is 0 Å². The molecule has 0 aliphatic heterocycles. The fourth-order valence-corrected chi connectivity index (χ4v) is 2.93. The number of rotatable bonds is 10. The molecule has 2 aromatic rings. The summed E-state index contributed by atoms with van der Waals surface area (Å²) in [5.74, 6) is -0.266. The zero-order valence-electron chi connectivity index (χ0n) is 17.6. The number of benzene rings is 2. The lowest BCUT2D eigenvalue weighted by Crippen LogP contribution is -2.30. The number of carbonyl (C=O) groups is 2. The van der Waals surface area contributed by atoms with Crippen LogP contribution in [0.15, 0.2) is 48.5 Å². The van der Waals surface area contributed by atoms with Gasteiger partial charge in [0, 0.05) is 32.0 Å². The van der Waals surface area contributed by atoms with Crippen molar-refractivity contribution in [2.24, 2.45) is 0 Å². The zero-order valence-corrected chi connectivity index (χ0v) is 17.6. The van der Waals surface area contributed by atoms with E-state index in [1.54, 1.807) is 24.3 Å². The molecule has 0 heterocycles. The van der Waals surface area contributed by atoms with Crippen LogP contribution in [-0.4, -0.2) is 32.6 Å². The third-order valence-electron chi connectivity index (χ3n) is 4.63. The second-order valence-corrected chi connectivity index (χ2v) is 7.24. The molecule has 29 heavy (non-hydrogen) atoms. The highest BCUT2D eigenvalue weighted by Crippen LogP contribution is 2.19. The number of carbonyl (C=O) groups excluding carboxylic acids is 2. The predicted octanol–water partition coefficient (Wildman–Crippen LogP) is 5.10. The van der Waals surface area contributed by atoms with Crippen LogP contribution in [0.1, 0.15) is 49.4 Å². The van der Waals surface area contributed by atoms with Gasteiger partial charge < -0.3 is 20.9 Å². The van der Waals surface area contributed by atoms with Crippen LogP contribution in [0.5, 0.6) is 0 Å². The van der Waals surface area contributed by atoms with Gasteiger partial charge in [0.2, 0.25) is 0 Å². The standard InChI is InChI=1S/C23H32N4O2/c1-4-5-6-7-10-17-24-23(29)26-21-12-9-8-11-20(21)22(28)25-18-13-15-19(16-14-18)27(2)3/h8-9,11-16H,4-7,10,17H2,1-3H3,(H,25,28)(H2,24,26,29). The molecular formula is C23H32N4O2. The fraction of sp³-hybridized carbons (Fsp3) is 0.391. The summed E-state index contributed by atoms with van der Waals surface area (Å²) >= 11 is 0. The summed E-state index contributed by atoms with van der Waals surface area (Å²) in [4.78, 5) is 26.9. The Bertz CT molecular complexity index is 788. The van der Waals surface area contributed by atoms with Crippen LogP contribution in [0.25, 0.3) is 0 Å². The smallest absolute Gasteiger partial charge is 0.319 e. The van der Waals surface area contributed by atoms with E-state index in [1.165, 1.54) is 19.3 Å². The second kappa shape index (κ2) is 11.7. The molecule has 3 amide bonds. The quantitative estimate of drug-likeness (QED) is 0.489. The summed E-state index contributed by atoms with van der Waals surface area (Å²) in [6.07, 6.45) is 5.69. The Morgan fingerprint density at radius 3 is 2.24 bits per heavy atom. The van der Waals surface area contributed by atoms with Crippen molar-refractivity contribution in [1.82, 2.24) is 5.32 Å². The van der Waals surface area contributed by atoms with Crippen molar-refractivity contribution in [3.8, 4) is 0 Å². The SMILES string of the molecule is CCCCCCCNC(=O)Nc1ccccc1C(=O)Nc1ccc(N(C)C)cc1. The molecular weight excluding hydrogens is 364 g/mol. The van der Waals surface area contributed by atoms with Crippen LogP contribution < -0.4 is 20.9 Å². The minimum Gasteiger partial charge on any atom is -0.378 e. The fourth-order valence-electron chi connectivity index (χ4n) is 2.93. The van der Waals surface area contributed by atoms with Gasteiger partial charge in [-0.1, -0.05) is 44.7 Å². The third-order valence-corrected chi connectivity index (χ3v) is 4.63. The van der Waals surface area contributed by atoms with Crippen molar-refractivity contribution in [3.05, 3.63) is 54.1 Å². The van der Waals surface area contributed by atoms with Gasteiger partial charge in [0.15, 0.2) is 0 Å². The number of urea groups is 1. The Balaban J connectivity index is 1.91. The van der Waals surface area contributed by atoms with Crippen LogP contribution in [-0.2, 0) is 0 Å². The number of hydrogen-bond donors (Lipinski definition) is 3. The summed E-state index contributed by atoms with van der Waals surface area (Å²) in [6, 6.07) is 14.3. The molecule has 6 heteroatoms. The molecule has 0 radical (unpaired) electrons. The van der Waals surface area contributed by atoms with Crippen molar-refractivity contribution in [1.29, 1.82) is 0 Å². The Morgan fingerprint density at radius 1 is 0.862 bits per heavy atom. The van der Waals surface area contributed by atoms with Crippen LogP contribution >= 0.6 is 0 Å². The normalized spacial score (nSPS) is 10.3. The molecule has 0 aliphatic rings. The molecule has 0 saturated carbocycles. The van der Waals surface area contributed by atoms with Gasteiger partial charge in [-0.2, -0.15) is 0 Å². The first-order valence-electron chi connectivity index (χ1n) is 10.2. The zero-order chi connectivity index (χ0) is 21.1. The van der Waals surface area contributed by atoms with Crippen LogP contribution in [0.4, 0.5) is 21.9 Å². The summed E-state index contributed by atoms with van der Waals surface area (Å²) in [5, 5.41) is 8.52. The lowest BCUT2D eigenvalue weighted by molar-refractivity contribution is 0.102. The molecule has 0 aromatic heterocycles. The van der Waals surface area contributed by atoms with Gasteiger partial charge in [-0.15, -0.1) is 0 Å². The molecule has 0 spiro atoms.